The average molecular weight is 382 g/mol. The Kier molecular flexibility index (Phi) is 6.82. The Morgan fingerprint density at radius 1 is 1.07 bits per heavy atom. The molecule has 4 nitrogen and oxygen atoms in total. The Labute approximate surface area is 167 Å². The SMILES string of the molecule is COc1cccc(NC(=S)N/N=C(/C)c2ccc(C3CCCCC3)cc2)c1. The van der Waals surface area contributed by atoms with E-state index >= 15 is 0 Å². The van der Waals surface area contributed by atoms with Crippen molar-refractivity contribution < 1.29 is 4.74 Å². The summed E-state index contributed by atoms with van der Waals surface area (Å²) in [5.41, 5.74) is 7.23. The number of nitrogens with zero attached hydrogens (tertiary/aromatic N) is 1. The first-order valence-corrected chi connectivity index (χ1v) is 9.92. The molecule has 1 aliphatic rings. The van der Waals surface area contributed by atoms with Gasteiger partial charge >= 0.3 is 0 Å². The fourth-order valence-electron chi connectivity index (χ4n) is 3.49. The van der Waals surface area contributed by atoms with Crippen molar-refractivity contribution in [1.29, 1.82) is 0 Å². The van der Waals surface area contributed by atoms with Crippen LogP contribution < -0.4 is 15.5 Å². The van der Waals surface area contributed by atoms with Crippen LogP contribution in [0.25, 0.3) is 0 Å². The monoisotopic (exact) mass is 381 g/mol. The standard InChI is InChI=1S/C22H27N3OS/c1-16(17-11-13-19(14-12-17)18-7-4-3-5-8-18)24-25-22(27)23-20-9-6-10-21(15-20)26-2/h6,9-15,18H,3-5,7-8H2,1-2H3,(H2,23,25,27)/b24-16-. The van der Waals surface area contributed by atoms with Gasteiger partial charge in [0, 0.05) is 11.8 Å². The summed E-state index contributed by atoms with van der Waals surface area (Å²) in [6, 6.07) is 16.4. The molecular weight excluding hydrogens is 354 g/mol. The van der Waals surface area contributed by atoms with Crippen LogP contribution in [0, 0.1) is 0 Å². The maximum Gasteiger partial charge on any atom is 0.191 e. The van der Waals surface area contributed by atoms with E-state index in [1.807, 2.05) is 31.2 Å². The van der Waals surface area contributed by atoms with E-state index in [1.165, 1.54) is 37.7 Å². The van der Waals surface area contributed by atoms with Gasteiger partial charge in [0.25, 0.3) is 0 Å². The molecule has 0 atom stereocenters. The Morgan fingerprint density at radius 2 is 1.81 bits per heavy atom. The first kappa shape index (κ1) is 19.4. The summed E-state index contributed by atoms with van der Waals surface area (Å²) in [5, 5.41) is 7.96. The molecule has 2 aromatic carbocycles. The van der Waals surface area contributed by atoms with Crippen molar-refractivity contribution >= 4 is 28.7 Å². The molecule has 1 saturated carbocycles. The first-order valence-electron chi connectivity index (χ1n) is 9.51. The third-order valence-electron chi connectivity index (χ3n) is 5.06. The zero-order valence-corrected chi connectivity index (χ0v) is 16.8. The highest BCUT2D eigenvalue weighted by Gasteiger charge is 2.15. The molecule has 0 bridgehead atoms. The second kappa shape index (κ2) is 9.51. The molecule has 0 aliphatic heterocycles. The van der Waals surface area contributed by atoms with Crippen molar-refractivity contribution in [3.8, 4) is 5.75 Å². The van der Waals surface area contributed by atoms with Gasteiger partial charge in [-0.15, -0.1) is 0 Å². The summed E-state index contributed by atoms with van der Waals surface area (Å²) in [6.07, 6.45) is 6.73. The lowest BCUT2D eigenvalue weighted by molar-refractivity contribution is 0.415. The van der Waals surface area contributed by atoms with E-state index in [-0.39, 0.29) is 0 Å². The number of hydrogen-bond acceptors (Lipinski definition) is 3. The van der Waals surface area contributed by atoms with Gasteiger partial charge in [-0.25, -0.2) is 0 Å². The van der Waals surface area contributed by atoms with Crippen molar-refractivity contribution in [2.45, 2.75) is 44.9 Å². The maximum atomic E-state index is 5.32. The second-order valence-electron chi connectivity index (χ2n) is 6.95. The Morgan fingerprint density at radius 3 is 2.52 bits per heavy atom. The number of benzene rings is 2. The van der Waals surface area contributed by atoms with Gasteiger partial charge in [0.2, 0.25) is 0 Å². The maximum absolute atomic E-state index is 5.32. The fraction of sp³-hybridized carbons (Fsp3) is 0.364. The molecule has 1 aliphatic carbocycles. The van der Waals surface area contributed by atoms with E-state index in [4.69, 9.17) is 17.0 Å². The van der Waals surface area contributed by atoms with E-state index in [9.17, 15) is 0 Å². The topological polar surface area (TPSA) is 45.6 Å². The Hall–Kier alpha value is -2.40. The molecule has 0 aromatic heterocycles. The summed E-state index contributed by atoms with van der Waals surface area (Å²) in [7, 11) is 1.64. The lowest BCUT2D eigenvalue weighted by atomic mass is 9.84. The normalized spacial score (nSPS) is 15.3. The minimum atomic E-state index is 0.446. The van der Waals surface area contributed by atoms with Crippen molar-refractivity contribution in [1.82, 2.24) is 5.43 Å². The number of ether oxygens (including phenoxy) is 1. The molecule has 0 radical (unpaired) electrons. The van der Waals surface area contributed by atoms with Crippen LogP contribution in [0.3, 0.4) is 0 Å². The molecule has 2 N–H and O–H groups in total. The molecule has 27 heavy (non-hydrogen) atoms. The smallest absolute Gasteiger partial charge is 0.191 e. The molecule has 0 heterocycles. The summed E-state index contributed by atoms with van der Waals surface area (Å²) < 4.78 is 5.21. The molecule has 0 amide bonds. The lowest BCUT2D eigenvalue weighted by Gasteiger charge is -2.22. The van der Waals surface area contributed by atoms with Gasteiger partial charge < -0.3 is 10.1 Å². The quantitative estimate of drug-likeness (QED) is 0.410. The number of anilines is 1. The highest BCUT2D eigenvalue weighted by atomic mass is 32.1. The van der Waals surface area contributed by atoms with Gasteiger partial charge in [0.1, 0.15) is 5.75 Å². The summed E-state index contributed by atoms with van der Waals surface area (Å²) in [5.74, 6) is 1.50. The molecule has 2 aromatic rings. The van der Waals surface area contributed by atoms with Crippen LogP contribution in [-0.4, -0.2) is 17.9 Å². The number of thiocarbonyl (C=S) groups is 1. The van der Waals surface area contributed by atoms with Crippen LogP contribution in [0.1, 0.15) is 56.1 Å². The Bertz CT molecular complexity index is 795. The largest absolute Gasteiger partial charge is 0.497 e. The van der Waals surface area contributed by atoms with Gasteiger partial charge in [0.05, 0.1) is 12.8 Å². The average Bonchev–Trinajstić information content (AvgIpc) is 2.73. The second-order valence-corrected chi connectivity index (χ2v) is 7.36. The highest BCUT2D eigenvalue weighted by Crippen LogP contribution is 2.32. The molecule has 5 heteroatoms. The number of methoxy groups -OCH3 is 1. The van der Waals surface area contributed by atoms with Gasteiger partial charge in [0.15, 0.2) is 5.11 Å². The van der Waals surface area contributed by atoms with Crippen molar-refractivity contribution in [2.75, 3.05) is 12.4 Å². The molecule has 142 valence electrons. The highest BCUT2D eigenvalue weighted by molar-refractivity contribution is 7.80. The number of hydrogen-bond donors (Lipinski definition) is 2. The molecule has 0 spiro atoms. The van der Waals surface area contributed by atoms with Crippen LogP contribution in [-0.2, 0) is 0 Å². The molecular formula is C22H27N3OS. The summed E-state index contributed by atoms with van der Waals surface area (Å²) in [4.78, 5) is 0. The predicted octanol–water partition coefficient (Wildman–Crippen LogP) is 5.45. The third-order valence-corrected chi connectivity index (χ3v) is 5.25. The van der Waals surface area contributed by atoms with Gasteiger partial charge in [-0.3, -0.25) is 5.43 Å². The van der Waals surface area contributed by atoms with Crippen LogP contribution in [0.2, 0.25) is 0 Å². The molecule has 3 rings (SSSR count). The van der Waals surface area contributed by atoms with Crippen LogP contribution in [0.5, 0.6) is 5.75 Å². The van der Waals surface area contributed by atoms with Crippen molar-refractivity contribution in [3.05, 3.63) is 59.7 Å². The van der Waals surface area contributed by atoms with Crippen LogP contribution in [0.4, 0.5) is 5.69 Å². The van der Waals surface area contributed by atoms with Crippen LogP contribution >= 0.6 is 12.2 Å². The number of nitrogens with one attached hydrogen (secondary N) is 2. The zero-order valence-electron chi connectivity index (χ0n) is 16.0. The molecule has 0 saturated heterocycles. The molecule has 0 unspecified atom stereocenters. The van der Waals surface area contributed by atoms with E-state index in [0.717, 1.165) is 28.6 Å². The summed E-state index contributed by atoms with van der Waals surface area (Å²) in [6.45, 7) is 1.98. The van der Waals surface area contributed by atoms with Gasteiger partial charge in [-0.2, -0.15) is 5.10 Å². The minimum absolute atomic E-state index is 0.446. The van der Waals surface area contributed by atoms with E-state index in [1.54, 1.807) is 7.11 Å². The van der Waals surface area contributed by atoms with Crippen LogP contribution in [0.15, 0.2) is 53.6 Å². The first-order chi connectivity index (χ1) is 13.2. The van der Waals surface area contributed by atoms with Gasteiger partial charge in [-0.05, 0) is 61.2 Å². The Balaban J connectivity index is 1.57. The zero-order chi connectivity index (χ0) is 19.1. The third kappa shape index (κ3) is 5.54. The number of hydrazone groups is 1. The van der Waals surface area contributed by atoms with E-state index < -0.39 is 0 Å². The number of rotatable bonds is 5. The van der Waals surface area contributed by atoms with Crippen molar-refractivity contribution in [3.63, 3.8) is 0 Å². The minimum Gasteiger partial charge on any atom is -0.497 e. The van der Waals surface area contributed by atoms with Gasteiger partial charge in [-0.1, -0.05) is 49.6 Å². The summed E-state index contributed by atoms with van der Waals surface area (Å²) >= 11 is 5.32. The predicted molar refractivity (Wildman–Crippen MR) is 117 cm³/mol. The van der Waals surface area contributed by atoms with E-state index in [0.29, 0.717) is 5.11 Å². The molecule has 1 fully saturated rings. The fourth-order valence-corrected chi connectivity index (χ4v) is 3.65. The van der Waals surface area contributed by atoms with Crippen molar-refractivity contribution in [2.24, 2.45) is 5.10 Å². The van der Waals surface area contributed by atoms with E-state index in [2.05, 4.69) is 40.1 Å². The lowest BCUT2D eigenvalue weighted by Crippen LogP contribution is -2.25.